The van der Waals surface area contributed by atoms with Crippen molar-refractivity contribution < 1.29 is 0 Å². The number of hydrogen-bond donors (Lipinski definition) is 0. The van der Waals surface area contributed by atoms with E-state index in [4.69, 9.17) is 10.5 Å². The van der Waals surface area contributed by atoms with Crippen LogP contribution in [0.5, 0.6) is 0 Å². The Labute approximate surface area is 93.2 Å². The SMILES string of the molecule is N#Cc1ccc(C#N)c(-c2c[c]ccn2)c1. The molecule has 0 saturated heterocycles. The molecule has 0 aliphatic carbocycles. The van der Waals surface area contributed by atoms with Gasteiger partial charge in [0.1, 0.15) is 0 Å². The first-order valence-corrected chi connectivity index (χ1v) is 4.62. The van der Waals surface area contributed by atoms with Gasteiger partial charge in [-0.05, 0) is 36.4 Å². The van der Waals surface area contributed by atoms with Crippen molar-refractivity contribution in [1.29, 1.82) is 10.5 Å². The van der Waals surface area contributed by atoms with E-state index in [9.17, 15) is 0 Å². The molecular weight excluding hydrogens is 198 g/mol. The fourth-order valence-electron chi connectivity index (χ4n) is 1.40. The van der Waals surface area contributed by atoms with Crippen LogP contribution in [0.25, 0.3) is 11.3 Å². The first-order chi connectivity index (χ1) is 7.85. The maximum atomic E-state index is 8.97. The average Bonchev–Trinajstić information content (AvgIpc) is 2.39. The Morgan fingerprint density at radius 3 is 2.69 bits per heavy atom. The van der Waals surface area contributed by atoms with Gasteiger partial charge >= 0.3 is 0 Å². The van der Waals surface area contributed by atoms with Crippen LogP contribution in [-0.2, 0) is 0 Å². The Morgan fingerprint density at radius 1 is 1.19 bits per heavy atom. The van der Waals surface area contributed by atoms with E-state index < -0.39 is 0 Å². The zero-order chi connectivity index (χ0) is 11.4. The standard InChI is InChI=1S/C13H6N3/c14-8-10-4-5-11(9-15)12(7-10)13-3-1-2-6-16-13/h2-7H. The number of nitrogens with zero attached hydrogens (tertiary/aromatic N) is 3. The molecule has 0 aliphatic rings. The zero-order valence-electron chi connectivity index (χ0n) is 8.31. The molecule has 1 aromatic heterocycles. The monoisotopic (exact) mass is 204 g/mol. The van der Waals surface area contributed by atoms with Crippen LogP contribution in [-0.4, -0.2) is 4.98 Å². The van der Waals surface area contributed by atoms with Crippen LogP contribution >= 0.6 is 0 Å². The van der Waals surface area contributed by atoms with E-state index in [1.54, 1.807) is 36.5 Å². The largest absolute Gasteiger partial charge is 0.256 e. The van der Waals surface area contributed by atoms with Gasteiger partial charge in [-0.1, -0.05) is 0 Å². The Hall–Kier alpha value is -2.65. The van der Waals surface area contributed by atoms with Crippen LogP contribution in [0.3, 0.4) is 0 Å². The predicted octanol–water partition coefficient (Wildman–Crippen LogP) is 2.29. The normalized spacial score (nSPS) is 9.12. The molecule has 0 N–H and O–H groups in total. The number of nitriles is 2. The van der Waals surface area contributed by atoms with Gasteiger partial charge in [-0.15, -0.1) is 0 Å². The number of aromatic nitrogens is 1. The minimum absolute atomic E-state index is 0.506. The number of hydrogen-bond acceptors (Lipinski definition) is 3. The summed E-state index contributed by atoms with van der Waals surface area (Å²) in [5, 5.41) is 17.8. The van der Waals surface area contributed by atoms with E-state index >= 15 is 0 Å². The molecule has 2 rings (SSSR count). The molecule has 0 spiro atoms. The van der Waals surface area contributed by atoms with Gasteiger partial charge in [-0.3, -0.25) is 4.98 Å². The number of benzene rings is 1. The first-order valence-electron chi connectivity index (χ1n) is 4.62. The smallest absolute Gasteiger partial charge is 0.0998 e. The predicted molar refractivity (Wildman–Crippen MR) is 57.9 cm³/mol. The second-order valence-corrected chi connectivity index (χ2v) is 3.13. The molecule has 2 aromatic rings. The van der Waals surface area contributed by atoms with E-state index in [2.05, 4.69) is 17.1 Å². The van der Waals surface area contributed by atoms with Crippen molar-refractivity contribution in [3.05, 3.63) is 53.7 Å². The van der Waals surface area contributed by atoms with Crippen LogP contribution in [0.2, 0.25) is 0 Å². The molecule has 73 valence electrons. The molecule has 0 fully saturated rings. The third-order valence-electron chi connectivity index (χ3n) is 2.15. The first kappa shape index (κ1) is 9.89. The van der Waals surface area contributed by atoms with Crippen molar-refractivity contribution in [2.45, 2.75) is 0 Å². The van der Waals surface area contributed by atoms with Crippen LogP contribution in [0.15, 0.2) is 36.5 Å². The molecule has 0 atom stereocenters. The highest BCUT2D eigenvalue weighted by Crippen LogP contribution is 2.22. The summed E-state index contributed by atoms with van der Waals surface area (Å²) < 4.78 is 0. The van der Waals surface area contributed by atoms with Gasteiger partial charge in [0.05, 0.1) is 29.0 Å². The molecule has 3 heteroatoms. The molecule has 0 unspecified atom stereocenters. The zero-order valence-corrected chi connectivity index (χ0v) is 8.31. The molecule has 0 amide bonds. The molecular formula is C13H6N3. The topological polar surface area (TPSA) is 60.5 Å². The van der Waals surface area contributed by atoms with Gasteiger partial charge in [-0.25, -0.2) is 0 Å². The molecule has 1 radical (unpaired) electrons. The average molecular weight is 204 g/mol. The summed E-state index contributed by atoms with van der Waals surface area (Å²) in [6.45, 7) is 0. The third kappa shape index (κ3) is 1.75. The quantitative estimate of drug-likeness (QED) is 0.716. The second kappa shape index (κ2) is 4.25. The van der Waals surface area contributed by atoms with Crippen molar-refractivity contribution in [3.8, 4) is 23.4 Å². The Bertz CT molecular complexity index is 589. The molecule has 1 aromatic carbocycles. The summed E-state index contributed by atoms with van der Waals surface area (Å²) in [7, 11) is 0. The lowest BCUT2D eigenvalue weighted by molar-refractivity contribution is 1.31. The molecule has 16 heavy (non-hydrogen) atoms. The van der Waals surface area contributed by atoms with Crippen molar-refractivity contribution in [1.82, 2.24) is 4.98 Å². The Balaban J connectivity index is 2.65. The summed E-state index contributed by atoms with van der Waals surface area (Å²) in [6, 6.07) is 15.3. The van der Waals surface area contributed by atoms with E-state index in [0.29, 0.717) is 22.4 Å². The number of pyridine rings is 1. The van der Waals surface area contributed by atoms with Crippen LogP contribution < -0.4 is 0 Å². The van der Waals surface area contributed by atoms with Crippen molar-refractivity contribution in [2.75, 3.05) is 0 Å². The summed E-state index contributed by atoms with van der Waals surface area (Å²) in [6.07, 6.45) is 1.61. The summed E-state index contributed by atoms with van der Waals surface area (Å²) >= 11 is 0. The van der Waals surface area contributed by atoms with E-state index in [0.717, 1.165) is 0 Å². The second-order valence-electron chi connectivity index (χ2n) is 3.13. The minimum atomic E-state index is 0.506. The lowest BCUT2D eigenvalue weighted by Gasteiger charge is -2.02. The fraction of sp³-hybridized carbons (Fsp3) is 0. The van der Waals surface area contributed by atoms with Crippen LogP contribution in [0.1, 0.15) is 11.1 Å². The van der Waals surface area contributed by atoms with Crippen molar-refractivity contribution in [2.24, 2.45) is 0 Å². The van der Waals surface area contributed by atoms with Crippen LogP contribution in [0.4, 0.5) is 0 Å². The minimum Gasteiger partial charge on any atom is -0.256 e. The fourth-order valence-corrected chi connectivity index (χ4v) is 1.40. The maximum Gasteiger partial charge on any atom is 0.0998 e. The lowest BCUT2D eigenvalue weighted by atomic mass is 10.0. The van der Waals surface area contributed by atoms with Crippen molar-refractivity contribution >= 4 is 0 Å². The van der Waals surface area contributed by atoms with E-state index in [1.807, 2.05) is 6.07 Å². The summed E-state index contributed by atoms with van der Waals surface area (Å²) in [4.78, 5) is 4.14. The molecule has 3 nitrogen and oxygen atoms in total. The Kier molecular flexibility index (Phi) is 2.63. The van der Waals surface area contributed by atoms with Gasteiger partial charge in [0, 0.05) is 11.8 Å². The molecule has 1 heterocycles. The van der Waals surface area contributed by atoms with Crippen LogP contribution in [0, 0.1) is 28.7 Å². The van der Waals surface area contributed by atoms with E-state index in [1.165, 1.54) is 0 Å². The van der Waals surface area contributed by atoms with Gasteiger partial charge in [0.25, 0.3) is 0 Å². The van der Waals surface area contributed by atoms with Crippen molar-refractivity contribution in [3.63, 3.8) is 0 Å². The number of rotatable bonds is 1. The maximum absolute atomic E-state index is 8.97. The molecule has 0 saturated carbocycles. The van der Waals surface area contributed by atoms with Gasteiger partial charge in [0.15, 0.2) is 0 Å². The highest BCUT2D eigenvalue weighted by atomic mass is 14.7. The van der Waals surface area contributed by atoms with Gasteiger partial charge < -0.3 is 0 Å². The van der Waals surface area contributed by atoms with E-state index in [-0.39, 0.29) is 0 Å². The molecule has 0 aliphatic heterocycles. The summed E-state index contributed by atoms with van der Waals surface area (Å²) in [5.74, 6) is 0. The molecule has 0 bridgehead atoms. The highest BCUT2D eigenvalue weighted by Gasteiger charge is 2.06. The summed E-state index contributed by atoms with van der Waals surface area (Å²) in [5.41, 5.74) is 2.33. The Morgan fingerprint density at radius 2 is 2.06 bits per heavy atom. The van der Waals surface area contributed by atoms with Gasteiger partial charge in [-0.2, -0.15) is 10.5 Å². The lowest BCUT2D eigenvalue weighted by Crippen LogP contribution is -1.88. The third-order valence-corrected chi connectivity index (χ3v) is 2.15. The highest BCUT2D eigenvalue weighted by molar-refractivity contribution is 5.68. The van der Waals surface area contributed by atoms with Gasteiger partial charge in [0.2, 0.25) is 0 Å².